The van der Waals surface area contributed by atoms with Crippen LogP contribution in [0.2, 0.25) is 5.02 Å². The topological polar surface area (TPSA) is 32.8 Å². The van der Waals surface area contributed by atoms with Gasteiger partial charge in [-0.15, -0.1) is 0 Å². The smallest absolute Gasteiger partial charge is 0.310 e. The molecule has 1 fully saturated rings. The third kappa shape index (κ3) is 5.65. The van der Waals surface area contributed by atoms with E-state index in [1.807, 2.05) is 19.1 Å². The number of piperazine rings is 1. The zero-order valence-electron chi connectivity index (χ0n) is 12.7. The van der Waals surface area contributed by atoms with Crippen LogP contribution in [0.5, 0.6) is 0 Å². The Morgan fingerprint density at radius 3 is 2.48 bits per heavy atom. The van der Waals surface area contributed by atoms with E-state index in [0.717, 1.165) is 38.3 Å². The third-order valence-corrected chi connectivity index (χ3v) is 3.96. The number of nitrogens with zero attached hydrogens (tertiary/aromatic N) is 2. The highest BCUT2D eigenvalue weighted by Gasteiger charge is 2.18. The molecule has 5 heteroatoms. The van der Waals surface area contributed by atoms with Crippen molar-refractivity contribution in [3.05, 3.63) is 34.9 Å². The van der Waals surface area contributed by atoms with E-state index >= 15 is 0 Å². The minimum Gasteiger partial charge on any atom is -0.461 e. The van der Waals surface area contributed by atoms with E-state index in [1.165, 1.54) is 0 Å². The van der Waals surface area contributed by atoms with Gasteiger partial charge in [0.15, 0.2) is 0 Å². The molecule has 0 aliphatic carbocycles. The van der Waals surface area contributed by atoms with Crippen molar-refractivity contribution in [1.82, 2.24) is 9.80 Å². The molecule has 0 amide bonds. The summed E-state index contributed by atoms with van der Waals surface area (Å²) >= 11 is 5.83. The molecule has 21 heavy (non-hydrogen) atoms. The zero-order chi connectivity index (χ0) is 15.2. The fourth-order valence-corrected chi connectivity index (χ4v) is 2.59. The minimum absolute atomic E-state index is 0.0757. The molecular formula is C16H23ClN2O2. The van der Waals surface area contributed by atoms with Crippen LogP contribution < -0.4 is 0 Å². The maximum Gasteiger partial charge on any atom is 0.310 e. The predicted molar refractivity (Wildman–Crippen MR) is 84.6 cm³/mol. The Labute approximate surface area is 131 Å². The fraction of sp³-hybridized carbons (Fsp3) is 0.562. The van der Waals surface area contributed by atoms with E-state index in [9.17, 15) is 4.79 Å². The van der Waals surface area contributed by atoms with Crippen molar-refractivity contribution >= 4 is 17.6 Å². The standard InChI is InChI=1S/C16H23ClN2O2/c1-13(12-19-9-7-18(2)8-10-19)21-16(20)11-14-3-5-15(17)6-4-14/h3-6,13H,7-12H2,1-2H3. The number of likely N-dealkylation sites (N-methyl/N-ethyl adjacent to an activating group) is 1. The lowest BCUT2D eigenvalue weighted by atomic mass is 10.1. The summed E-state index contributed by atoms with van der Waals surface area (Å²) in [4.78, 5) is 16.6. The van der Waals surface area contributed by atoms with Crippen LogP contribution in [0.15, 0.2) is 24.3 Å². The van der Waals surface area contributed by atoms with Gasteiger partial charge >= 0.3 is 5.97 Å². The fourth-order valence-electron chi connectivity index (χ4n) is 2.47. The molecular weight excluding hydrogens is 288 g/mol. The predicted octanol–water partition coefficient (Wildman–Crippen LogP) is 2.06. The van der Waals surface area contributed by atoms with E-state index in [4.69, 9.17) is 16.3 Å². The Balaban J connectivity index is 1.73. The number of esters is 1. The van der Waals surface area contributed by atoms with Gasteiger partial charge in [0.2, 0.25) is 0 Å². The highest BCUT2D eigenvalue weighted by atomic mass is 35.5. The van der Waals surface area contributed by atoms with E-state index in [-0.39, 0.29) is 12.1 Å². The first kappa shape index (κ1) is 16.3. The largest absolute Gasteiger partial charge is 0.461 e. The normalized spacial score (nSPS) is 18.4. The SMILES string of the molecule is CC(CN1CCN(C)CC1)OC(=O)Cc1ccc(Cl)cc1. The molecule has 0 N–H and O–H groups in total. The van der Waals surface area contributed by atoms with Gasteiger partial charge in [-0.05, 0) is 31.7 Å². The van der Waals surface area contributed by atoms with E-state index in [0.29, 0.717) is 11.4 Å². The average molecular weight is 311 g/mol. The maximum atomic E-state index is 11.9. The van der Waals surface area contributed by atoms with Crippen LogP contribution in [0.4, 0.5) is 0 Å². The third-order valence-electron chi connectivity index (χ3n) is 3.71. The summed E-state index contributed by atoms with van der Waals surface area (Å²) in [6.45, 7) is 6.99. The highest BCUT2D eigenvalue weighted by molar-refractivity contribution is 6.30. The molecule has 1 saturated heterocycles. The summed E-state index contributed by atoms with van der Waals surface area (Å²) in [5, 5.41) is 0.676. The molecule has 0 saturated carbocycles. The summed E-state index contributed by atoms with van der Waals surface area (Å²) in [6, 6.07) is 7.29. The molecule has 1 atom stereocenters. The number of hydrogen-bond donors (Lipinski definition) is 0. The van der Waals surface area contributed by atoms with Crippen LogP contribution in [-0.2, 0) is 16.0 Å². The lowest BCUT2D eigenvalue weighted by Crippen LogP contribution is -2.47. The van der Waals surface area contributed by atoms with Crippen molar-refractivity contribution in [1.29, 1.82) is 0 Å². The first-order chi connectivity index (χ1) is 10.0. The van der Waals surface area contributed by atoms with E-state index < -0.39 is 0 Å². The summed E-state index contributed by atoms with van der Waals surface area (Å²) in [5.74, 6) is -0.182. The summed E-state index contributed by atoms with van der Waals surface area (Å²) in [6.07, 6.45) is 0.220. The van der Waals surface area contributed by atoms with Crippen molar-refractivity contribution in [3.8, 4) is 0 Å². The summed E-state index contributed by atoms with van der Waals surface area (Å²) in [5.41, 5.74) is 0.927. The summed E-state index contributed by atoms with van der Waals surface area (Å²) in [7, 11) is 2.13. The van der Waals surface area contributed by atoms with Crippen molar-refractivity contribution < 1.29 is 9.53 Å². The van der Waals surface area contributed by atoms with Crippen LogP contribution in [0.3, 0.4) is 0 Å². The number of hydrogen-bond acceptors (Lipinski definition) is 4. The molecule has 116 valence electrons. The van der Waals surface area contributed by atoms with Gasteiger partial charge in [-0.3, -0.25) is 9.69 Å². The van der Waals surface area contributed by atoms with Gasteiger partial charge in [-0.25, -0.2) is 0 Å². The van der Waals surface area contributed by atoms with Gasteiger partial charge in [0.05, 0.1) is 6.42 Å². The lowest BCUT2D eigenvalue weighted by molar-refractivity contribution is -0.148. The molecule has 0 bridgehead atoms. The van der Waals surface area contributed by atoms with Crippen molar-refractivity contribution in [2.24, 2.45) is 0 Å². The lowest BCUT2D eigenvalue weighted by Gasteiger charge is -2.33. The molecule has 4 nitrogen and oxygen atoms in total. The molecule has 1 aliphatic heterocycles. The molecule has 1 aliphatic rings. The molecule has 1 heterocycles. The molecule has 0 aromatic heterocycles. The zero-order valence-corrected chi connectivity index (χ0v) is 13.5. The number of rotatable bonds is 5. The molecule has 0 spiro atoms. The monoisotopic (exact) mass is 310 g/mol. The van der Waals surface area contributed by atoms with Gasteiger partial charge in [-0.2, -0.15) is 0 Å². The minimum atomic E-state index is -0.182. The van der Waals surface area contributed by atoms with Crippen molar-refractivity contribution in [2.45, 2.75) is 19.4 Å². The van der Waals surface area contributed by atoms with Crippen LogP contribution in [0.25, 0.3) is 0 Å². The van der Waals surface area contributed by atoms with Crippen molar-refractivity contribution in [3.63, 3.8) is 0 Å². The van der Waals surface area contributed by atoms with E-state index in [1.54, 1.807) is 12.1 Å². The van der Waals surface area contributed by atoms with Gasteiger partial charge in [0.25, 0.3) is 0 Å². The van der Waals surface area contributed by atoms with Gasteiger partial charge in [0.1, 0.15) is 6.10 Å². The first-order valence-electron chi connectivity index (χ1n) is 7.38. The van der Waals surface area contributed by atoms with Crippen LogP contribution in [0.1, 0.15) is 12.5 Å². The maximum absolute atomic E-state index is 11.9. The quantitative estimate of drug-likeness (QED) is 0.780. The second-order valence-corrected chi connectivity index (χ2v) is 6.14. The van der Waals surface area contributed by atoms with E-state index in [2.05, 4.69) is 16.8 Å². The summed E-state index contributed by atoms with van der Waals surface area (Å²) < 4.78 is 5.49. The Kier molecular flexibility index (Phi) is 6.03. The van der Waals surface area contributed by atoms with Crippen molar-refractivity contribution in [2.75, 3.05) is 39.8 Å². The molecule has 1 aromatic carbocycles. The van der Waals surface area contributed by atoms with Crippen LogP contribution >= 0.6 is 11.6 Å². The molecule has 1 aromatic rings. The molecule has 0 radical (unpaired) electrons. The second-order valence-electron chi connectivity index (χ2n) is 5.71. The Morgan fingerprint density at radius 2 is 1.86 bits per heavy atom. The van der Waals surface area contributed by atoms with Crippen LogP contribution in [0, 0.1) is 0 Å². The Bertz CT molecular complexity index is 456. The number of carbonyl (C=O) groups is 1. The number of carbonyl (C=O) groups excluding carboxylic acids is 1. The van der Waals surface area contributed by atoms with Gasteiger partial charge < -0.3 is 9.64 Å². The highest BCUT2D eigenvalue weighted by Crippen LogP contribution is 2.11. The molecule has 1 unspecified atom stereocenters. The number of ether oxygens (including phenoxy) is 1. The van der Waals surface area contributed by atoms with Gasteiger partial charge in [0, 0.05) is 37.7 Å². The number of halogens is 1. The molecule has 2 rings (SSSR count). The van der Waals surface area contributed by atoms with Crippen LogP contribution in [-0.4, -0.2) is 61.6 Å². The average Bonchev–Trinajstić information content (AvgIpc) is 2.44. The Morgan fingerprint density at radius 1 is 1.24 bits per heavy atom. The first-order valence-corrected chi connectivity index (χ1v) is 7.75. The Hall–Kier alpha value is -1.10. The second kappa shape index (κ2) is 7.78. The number of benzene rings is 1. The van der Waals surface area contributed by atoms with Gasteiger partial charge in [-0.1, -0.05) is 23.7 Å².